The molecule has 30 heavy (non-hydrogen) atoms. The number of carboxylic acid groups (broad SMARTS) is 1. The number of nitrogens with one attached hydrogen (secondary N) is 2. The largest absolute Gasteiger partial charge is 0.465 e. The topological polar surface area (TPSA) is 117 Å². The molecule has 9 nitrogen and oxygen atoms in total. The van der Waals surface area contributed by atoms with Crippen molar-refractivity contribution in [1.29, 1.82) is 0 Å². The molecule has 2 fully saturated rings. The number of anilines is 1. The minimum atomic E-state index is -0.869. The first kappa shape index (κ1) is 20.2. The van der Waals surface area contributed by atoms with Gasteiger partial charge in [-0.05, 0) is 43.9 Å². The summed E-state index contributed by atoms with van der Waals surface area (Å²) in [4.78, 5) is 36.8. The third kappa shape index (κ3) is 3.38. The second-order valence-electron chi connectivity index (χ2n) is 8.66. The normalized spacial score (nSPS) is 27.2. The zero-order chi connectivity index (χ0) is 21.6. The van der Waals surface area contributed by atoms with Crippen molar-refractivity contribution < 1.29 is 19.5 Å². The number of fused-ring (bicyclic) bond motifs is 1. The lowest BCUT2D eigenvalue weighted by Gasteiger charge is -2.36. The molecular weight excluding hydrogens is 386 g/mol. The number of likely N-dealkylation sites (tertiary alicyclic amines) is 1. The van der Waals surface area contributed by atoms with Crippen molar-refractivity contribution in [3.05, 3.63) is 23.9 Å². The third-order valence-corrected chi connectivity index (χ3v) is 6.51. The highest BCUT2D eigenvalue weighted by molar-refractivity contribution is 6.05. The van der Waals surface area contributed by atoms with Crippen LogP contribution in [0.2, 0.25) is 0 Å². The molecule has 3 atom stereocenters. The van der Waals surface area contributed by atoms with E-state index in [9.17, 15) is 19.5 Å². The number of carbonyl (C=O) groups is 3. The second kappa shape index (κ2) is 7.30. The molecule has 9 heteroatoms. The molecule has 0 radical (unpaired) electrons. The van der Waals surface area contributed by atoms with Crippen LogP contribution in [-0.4, -0.2) is 56.8 Å². The van der Waals surface area contributed by atoms with Gasteiger partial charge in [-0.25, -0.2) is 4.79 Å². The second-order valence-corrected chi connectivity index (χ2v) is 8.66. The standard InChI is InChI=1S/C21H27N5O4/c1-12-11-26(20(29)30)9-7-15(12)22-13-4-5-14-16(10-13)25(3)24-18(14)21(2)8-6-17(27)23-19(21)28/h4-5,10,12,15,22H,6-9,11H2,1-3H3,(H,29,30)(H,23,27,28)/t12-,15-,21?/m1/s1. The fourth-order valence-electron chi connectivity index (χ4n) is 4.53. The van der Waals surface area contributed by atoms with Crippen LogP contribution in [0.5, 0.6) is 0 Å². The van der Waals surface area contributed by atoms with Gasteiger partial charge in [0.05, 0.1) is 16.6 Å². The predicted molar refractivity (Wildman–Crippen MR) is 111 cm³/mol. The van der Waals surface area contributed by atoms with Crippen molar-refractivity contribution >= 4 is 34.5 Å². The van der Waals surface area contributed by atoms with E-state index in [0.29, 0.717) is 31.6 Å². The molecule has 2 aromatic rings. The van der Waals surface area contributed by atoms with Gasteiger partial charge in [-0.3, -0.25) is 19.6 Å². The average Bonchev–Trinajstić information content (AvgIpc) is 3.03. The molecule has 0 bridgehead atoms. The molecule has 2 aliphatic heterocycles. The lowest BCUT2D eigenvalue weighted by Crippen LogP contribution is -2.50. The molecule has 160 valence electrons. The minimum absolute atomic E-state index is 0.179. The summed E-state index contributed by atoms with van der Waals surface area (Å²) < 4.78 is 1.77. The van der Waals surface area contributed by atoms with E-state index in [-0.39, 0.29) is 23.8 Å². The van der Waals surface area contributed by atoms with E-state index < -0.39 is 11.5 Å². The van der Waals surface area contributed by atoms with Crippen LogP contribution in [-0.2, 0) is 22.1 Å². The Balaban J connectivity index is 1.59. The number of hydrogen-bond acceptors (Lipinski definition) is 5. The molecular formula is C21H27N5O4. The summed E-state index contributed by atoms with van der Waals surface area (Å²) >= 11 is 0. The highest BCUT2D eigenvalue weighted by atomic mass is 16.4. The molecule has 0 saturated carbocycles. The fraction of sp³-hybridized carbons (Fsp3) is 0.524. The SMILES string of the molecule is C[C@@H]1CN(C(=O)O)CC[C@H]1Nc1ccc2c(C3(C)CCC(=O)NC3=O)nn(C)c2c1. The lowest BCUT2D eigenvalue weighted by molar-refractivity contribution is -0.137. The van der Waals surface area contributed by atoms with Crippen LogP contribution >= 0.6 is 0 Å². The van der Waals surface area contributed by atoms with E-state index in [2.05, 4.69) is 22.7 Å². The summed E-state index contributed by atoms with van der Waals surface area (Å²) in [6.07, 6.45) is 0.608. The van der Waals surface area contributed by atoms with Crippen molar-refractivity contribution in [2.24, 2.45) is 13.0 Å². The molecule has 4 rings (SSSR count). The Morgan fingerprint density at radius 3 is 2.80 bits per heavy atom. The van der Waals surface area contributed by atoms with E-state index in [0.717, 1.165) is 23.0 Å². The number of carbonyl (C=O) groups excluding carboxylic acids is 2. The van der Waals surface area contributed by atoms with Crippen LogP contribution in [0.1, 0.15) is 38.8 Å². The van der Waals surface area contributed by atoms with Crippen molar-refractivity contribution in [2.75, 3.05) is 18.4 Å². The van der Waals surface area contributed by atoms with Crippen LogP contribution in [0.4, 0.5) is 10.5 Å². The molecule has 0 spiro atoms. The van der Waals surface area contributed by atoms with E-state index in [1.807, 2.05) is 32.2 Å². The van der Waals surface area contributed by atoms with Gasteiger partial charge in [0.2, 0.25) is 11.8 Å². The van der Waals surface area contributed by atoms with Crippen molar-refractivity contribution in [1.82, 2.24) is 20.0 Å². The molecule has 1 aromatic carbocycles. The van der Waals surface area contributed by atoms with Crippen LogP contribution in [0, 0.1) is 5.92 Å². The number of hydrogen-bond donors (Lipinski definition) is 3. The highest BCUT2D eigenvalue weighted by Crippen LogP contribution is 2.36. The monoisotopic (exact) mass is 413 g/mol. The third-order valence-electron chi connectivity index (χ3n) is 6.51. The Bertz CT molecular complexity index is 1030. The maximum absolute atomic E-state index is 12.6. The Hall–Kier alpha value is -3.10. The van der Waals surface area contributed by atoms with Gasteiger partial charge in [-0.15, -0.1) is 0 Å². The molecule has 0 aliphatic carbocycles. The fourth-order valence-corrected chi connectivity index (χ4v) is 4.53. The van der Waals surface area contributed by atoms with Gasteiger partial charge in [-0.1, -0.05) is 6.92 Å². The van der Waals surface area contributed by atoms with Gasteiger partial charge in [-0.2, -0.15) is 5.10 Å². The Morgan fingerprint density at radius 2 is 2.13 bits per heavy atom. The molecule has 1 unspecified atom stereocenters. The smallest absolute Gasteiger partial charge is 0.407 e. The van der Waals surface area contributed by atoms with Crippen molar-refractivity contribution in [2.45, 2.75) is 44.6 Å². The van der Waals surface area contributed by atoms with Gasteiger partial charge in [0.25, 0.3) is 0 Å². The van der Waals surface area contributed by atoms with Gasteiger partial charge in [0, 0.05) is 43.7 Å². The van der Waals surface area contributed by atoms with E-state index in [1.165, 1.54) is 4.90 Å². The first-order chi connectivity index (χ1) is 14.2. The minimum Gasteiger partial charge on any atom is -0.465 e. The number of benzene rings is 1. The Labute approximate surface area is 174 Å². The van der Waals surface area contributed by atoms with Gasteiger partial charge in [0.1, 0.15) is 0 Å². The first-order valence-corrected chi connectivity index (χ1v) is 10.2. The number of aryl methyl sites for hydroxylation is 1. The highest BCUT2D eigenvalue weighted by Gasteiger charge is 2.43. The predicted octanol–water partition coefficient (Wildman–Crippen LogP) is 2.07. The lowest BCUT2D eigenvalue weighted by atomic mass is 9.77. The zero-order valence-electron chi connectivity index (χ0n) is 17.4. The van der Waals surface area contributed by atoms with Gasteiger partial charge in [0.15, 0.2) is 0 Å². The molecule has 1 aromatic heterocycles. The molecule has 2 aliphatic rings. The van der Waals surface area contributed by atoms with E-state index in [4.69, 9.17) is 0 Å². The van der Waals surface area contributed by atoms with Crippen LogP contribution in [0.25, 0.3) is 10.9 Å². The number of amides is 3. The number of imide groups is 1. The van der Waals surface area contributed by atoms with Gasteiger partial charge < -0.3 is 15.3 Å². The summed E-state index contributed by atoms with van der Waals surface area (Å²) in [5.74, 6) is -0.359. The van der Waals surface area contributed by atoms with Crippen LogP contribution in [0.15, 0.2) is 18.2 Å². The van der Waals surface area contributed by atoms with E-state index in [1.54, 1.807) is 4.68 Å². The molecule has 3 heterocycles. The number of nitrogens with zero attached hydrogens (tertiary/aromatic N) is 3. The maximum Gasteiger partial charge on any atom is 0.407 e. The molecule has 2 saturated heterocycles. The van der Waals surface area contributed by atoms with Crippen LogP contribution < -0.4 is 10.6 Å². The Kier molecular flexibility index (Phi) is 4.91. The maximum atomic E-state index is 12.6. The summed E-state index contributed by atoms with van der Waals surface area (Å²) in [5, 5.41) is 20.7. The van der Waals surface area contributed by atoms with Gasteiger partial charge >= 0.3 is 6.09 Å². The summed E-state index contributed by atoms with van der Waals surface area (Å²) in [7, 11) is 1.85. The zero-order valence-corrected chi connectivity index (χ0v) is 17.4. The Morgan fingerprint density at radius 1 is 1.37 bits per heavy atom. The summed E-state index contributed by atoms with van der Waals surface area (Å²) in [6.45, 7) is 4.91. The first-order valence-electron chi connectivity index (χ1n) is 10.2. The molecule has 3 N–H and O–H groups in total. The van der Waals surface area contributed by atoms with Crippen LogP contribution in [0.3, 0.4) is 0 Å². The number of aromatic nitrogens is 2. The number of rotatable bonds is 3. The van der Waals surface area contributed by atoms with E-state index >= 15 is 0 Å². The van der Waals surface area contributed by atoms with Crippen molar-refractivity contribution in [3.8, 4) is 0 Å². The summed E-state index contributed by atoms with van der Waals surface area (Å²) in [6, 6.07) is 6.13. The number of piperidine rings is 2. The quantitative estimate of drug-likeness (QED) is 0.664. The van der Waals surface area contributed by atoms with Crippen molar-refractivity contribution in [3.63, 3.8) is 0 Å². The molecule has 3 amide bonds. The average molecular weight is 413 g/mol. The summed E-state index contributed by atoms with van der Waals surface area (Å²) in [5.41, 5.74) is 1.67.